The van der Waals surface area contributed by atoms with Crippen LogP contribution < -0.4 is 0 Å². The Morgan fingerprint density at radius 1 is 1.62 bits per heavy atom. The lowest BCUT2D eigenvalue weighted by molar-refractivity contribution is 0.138. The Bertz CT molecular complexity index is 62.7. The normalized spacial score (nSPS) is 13.2. The van der Waals surface area contributed by atoms with E-state index in [1.165, 1.54) is 0 Å². The Hall–Kier alpha value is -0.410. The predicted molar refractivity (Wildman–Crippen MR) is 28.0 cm³/mol. The lowest BCUT2D eigenvalue weighted by Crippen LogP contribution is -2.08. The monoisotopic (exact) mass is 117 g/mol. The summed E-state index contributed by atoms with van der Waals surface area (Å²) in [5.74, 6) is 0. The molecule has 0 aliphatic heterocycles. The molecule has 0 spiro atoms. The molecule has 3 heteroatoms. The Morgan fingerprint density at radius 3 is 2.62 bits per heavy atom. The molecule has 0 saturated heterocycles. The van der Waals surface area contributed by atoms with E-state index in [1.807, 2.05) is 0 Å². The number of hydrogen-bond donors (Lipinski definition) is 2. The fraction of sp³-hybridized carbons (Fsp3) is 0.800. The molecule has 0 aliphatic carbocycles. The average Bonchev–Trinajstić information content (AvgIpc) is 1.68. The van der Waals surface area contributed by atoms with Crippen LogP contribution in [-0.4, -0.2) is 29.2 Å². The predicted octanol–water partition coefficient (Wildman–Crippen LogP) is -0.771. The highest BCUT2D eigenvalue weighted by Crippen LogP contribution is 1.91. The van der Waals surface area contributed by atoms with E-state index in [9.17, 15) is 4.79 Å². The largest absolute Gasteiger partial charge is 0.396 e. The fourth-order valence-electron chi connectivity index (χ4n) is 0.347. The van der Waals surface area contributed by atoms with Crippen molar-refractivity contribution in [1.29, 1.82) is 0 Å². The molecule has 3 nitrogen and oxygen atoms in total. The maximum Gasteiger partial charge on any atom is 0.201 e. The molecule has 0 saturated carbocycles. The van der Waals surface area contributed by atoms with Gasteiger partial charge in [-0.05, 0) is 6.42 Å². The van der Waals surface area contributed by atoms with Crippen LogP contribution in [0.4, 0.5) is 0 Å². The van der Waals surface area contributed by atoms with Gasteiger partial charge in [0.1, 0.15) is 0 Å². The van der Waals surface area contributed by atoms with Gasteiger partial charge in [0, 0.05) is 13.0 Å². The van der Waals surface area contributed by atoms with E-state index in [4.69, 9.17) is 10.2 Å². The maximum absolute atomic E-state index is 9.52. The van der Waals surface area contributed by atoms with Crippen molar-refractivity contribution in [2.45, 2.75) is 18.9 Å². The first-order valence-corrected chi connectivity index (χ1v) is 2.45. The van der Waals surface area contributed by atoms with Gasteiger partial charge in [-0.25, -0.2) is 0 Å². The van der Waals surface area contributed by atoms with Gasteiger partial charge in [0.25, 0.3) is 0 Å². The molecular formula is C5H9O3. The van der Waals surface area contributed by atoms with Crippen molar-refractivity contribution < 1.29 is 15.0 Å². The summed E-state index contributed by atoms with van der Waals surface area (Å²) in [7, 11) is 0. The quantitative estimate of drug-likeness (QED) is 0.508. The third-order valence-corrected chi connectivity index (χ3v) is 0.781. The van der Waals surface area contributed by atoms with E-state index in [-0.39, 0.29) is 19.4 Å². The van der Waals surface area contributed by atoms with E-state index in [1.54, 1.807) is 6.29 Å². The molecule has 0 aliphatic rings. The first-order chi connectivity index (χ1) is 3.81. The van der Waals surface area contributed by atoms with Crippen LogP contribution in [0, 0.1) is 0 Å². The molecular weight excluding hydrogens is 108 g/mol. The van der Waals surface area contributed by atoms with Crippen LogP contribution in [0.1, 0.15) is 12.8 Å². The van der Waals surface area contributed by atoms with Gasteiger partial charge in [0.05, 0.1) is 6.10 Å². The zero-order chi connectivity index (χ0) is 6.41. The van der Waals surface area contributed by atoms with Gasteiger partial charge in [-0.3, -0.25) is 4.79 Å². The van der Waals surface area contributed by atoms with Gasteiger partial charge in [0.2, 0.25) is 6.29 Å². The highest BCUT2D eigenvalue weighted by Gasteiger charge is 1.99. The molecule has 0 aromatic rings. The maximum atomic E-state index is 9.52. The minimum Gasteiger partial charge on any atom is -0.396 e. The van der Waals surface area contributed by atoms with E-state index < -0.39 is 6.10 Å². The van der Waals surface area contributed by atoms with Crippen LogP contribution in [-0.2, 0) is 4.79 Å². The number of carbonyl (C=O) groups excluding carboxylic acids is 1. The first-order valence-electron chi connectivity index (χ1n) is 2.45. The number of aliphatic hydroxyl groups excluding tert-OH is 2. The van der Waals surface area contributed by atoms with Crippen LogP contribution >= 0.6 is 0 Å². The Kier molecular flexibility index (Phi) is 4.50. The van der Waals surface area contributed by atoms with E-state index in [0.29, 0.717) is 0 Å². The average molecular weight is 117 g/mol. The lowest BCUT2D eigenvalue weighted by Gasteiger charge is -2.00. The summed E-state index contributed by atoms with van der Waals surface area (Å²) >= 11 is 0. The van der Waals surface area contributed by atoms with Gasteiger partial charge in [-0.15, -0.1) is 0 Å². The van der Waals surface area contributed by atoms with E-state index >= 15 is 0 Å². The second-order valence-corrected chi connectivity index (χ2v) is 1.51. The molecule has 1 radical (unpaired) electrons. The summed E-state index contributed by atoms with van der Waals surface area (Å²) < 4.78 is 0. The van der Waals surface area contributed by atoms with Crippen LogP contribution in [0.3, 0.4) is 0 Å². The van der Waals surface area contributed by atoms with Gasteiger partial charge in [0.15, 0.2) is 0 Å². The van der Waals surface area contributed by atoms with Crippen molar-refractivity contribution in [3.05, 3.63) is 0 Å². The Balaban J connectivity index is 3.03. The summed E-state index contributed by atoms with van der Waals surface area (Å²) in [4.78, 5) is 9.52. The molecule has 2 N–H and O–H groups in total. The summed E-state index contributed by atoms with van der Waals surface area (Å²) in [6.07, 6.45) is 1.09. The molecule has 0 rings (SSSR count). The fourth-order valence-corrected chi connectivity index (χ4v) is 0.347. The third-order valence-electron chi connectivity index (χ3n) is 0.781. The van der Waals surface area contributed by atoms with Gasteiger partial charge in [-0.2, -0.15) is 0 Å². The summed E-state index contributed by atoms with van der Waals surface area (Å²) in [6, 6.07) is 0. The summed E-state index contributed by atoms with van der Waals surface area (Å²) in [5.41, 5.74) is 0. The number of rotatable bonds is 4. The first kappa shape index (κ1) is 7.59. The van der Waals surface area contributed by atoms with Gasteiger partial charge in [-0.1, -0.05) is 0 Å². The number of aliphatic hydroxyl groups is 2. The van der Waals surface area contributed by atoms with Crippen molar-refractivity contribution in [1.82, 2.24) is 0 Å². The van der Waals surface area contributed by atoms with Crippen LogP contribution in [0.15, 0.2) is 0 Å². The molecule has 1 atom stereocenters. The molecule has 0 fully saturated rings. The van der Waals surface area contributed by atoms with Crippen molar-refractivity contribution >= 4 is 6.29 Å². The van der Waals surface area contributed by atoms with Crippen molar-refractivity contribution in [3.63, 3.8) is 0 Å². The van der Waals surface area contributed by atoms with Crippen LogP contribution in [0.25, 0.3) is 0 Å². The number of hydrogen-bond acceptors (Lipinski definition) is 3. The molecule has 0 unspecified atom stereocenters. The molecule has 0 aromatic carbocycles. The standard InChI is InChI=1S/C5H9O3/c6-3-1-5(8)2-4-7/h5-6,8H,1-3H2/t5-/m0/s1. The topological polar surface area (TPSA) is 57.5 Å². The molecule has 0 amide bonds. The Labute approximate surface area is 47.9 Å². The van der Waals surface area contributed by atoms with Crippen molar-refractivity contribution in [2.75, 3.05) is 6.61 Å². The second kappa shape index (κ2) is 4.74. The van der Waals surface area contributed by atoms with Crippen molar-refractivity contribution in [2.24, 2.45) is 0 Å². The Morgan fingerprint density at radius 2 is 2.25 bits per heavy atom. The zero-order valence-corrected chi connectivity index (χ0v) is 4.50. The smallest absolute Gasteiger partial charge is 0.201 e. The van der Waals surface area contributed by atoms with Crippen LogP contribution in [0.5, 0.6) is 0 Å². The molecule has 0 heterocycles. The molecule has 47 valence electrons. The van der Waals surface area contributed by atoms with Gasteiger partial charge < -0.3 is 10.2 Å². The third kappa shape index (κ3) is 3.77. The minimum absolute atomic E-state index is 0.000556. The minimum atomic E-state index is -0.711. The van der Waals surface area contributed by atoms with E-state index in [0.717, 1.165) is 0 Å². The molecule has 0 bridgehead atoms. The highest BCUT2D eigenvalue weighted by atomic mass is 16.3. The zero-order valence-electron chi connectivity index (χ0n) is 4.50. The SMILES string of the molecule is O=[C]C[C@@H](O)CCO. The van der Waals surface area contributed by atoms with Crippen molar-refractivity contribution in [3.8, 4) is 0 Å². The molecule has 8 heavy (non-hydrogen) atoms. The lowest BCUT2D eigenvalue weighted by atomic mass is 10.2. The van der Waals surface area contributed by atoms with E-state index in [2.05, 4.69) is 0 Å². The molecule has 0 aromatic heterocycles. The summed E-state index contributed by atoms with van der Waals surface area (Å²) in [6.45, 7) is -0.0805. The van der Waals surface area contributed by atoms with Crippen LogP contribution in [0.2, 0.25) is 0 Å². The highest BCUT2D eigenvalue weighted by molar-refractivity contribution is 5.51. The second-order valence-electron chi connectivity index (χ2n) is 1.51. The summed E-state index contributed by atoms with van der Waals surface area (Å²) in [5, 5.41) is 16.8. The van der Waals surface area contributed by atoms with Gasteiger partial charge >= 0.3 is 0 Å².